The van der Waals surface area contributed by atoms with Crippen molar-refractivity contribution in [2.45, 2.75) is 13.8 Å². The average molecular weight is 367 g/mol. The van der Waals surface area contributed by atoms with Crippen LogP contribution in [0.25, 0.3) is 22.3 Å². The van der Waals surface area contributed by atoms with Gasteiger partial charge in [0.1, 0.15) is 34.7 Å². The predicted molar refractivity (Wildman–Crippen MR) is 104 cm³/mol. The zero-order chi connectivity index (χ0) is 19.6. The van der Waals surface area contributed by atoms with Crippen molar-refractivity contribution in [3.63, 3.8) is 0 Å². The number of rotatable bonds is 5. The number of methoxy groups -OCH3 is 2. The van der Waals surface area contributed by atoms with E-state index in [1.165, 1.54) is 19.6 Å². The Hall–Kier alpha value is -3.48. The SMILES string of the molecule is COc1cc(OC)c2c(=O)[nH]c(-c3cc(C)c(OC=CN)c(C)c3)nc2c1. The quantitative estimate of drug-likeness (QED) is 0.673. The van der Waals surface area contributed by atoms with E-state index >= 15 is 0 Å². The highest BCUT2D eigenvalue weighted by atomic mass is 16.5. The largest absolute Gasteiger partial charge is 0.497 e. The van der Waals surface area contributed by atoms with Gasteiger partial charge >= 0.3 is 0 Å². The van der Waals surface area contributed by atoms with Crippen molar-refractivity contribution in [3.8, 4) is 28.6 Å². The van der Waals surface area contributed by atoms with Gasteiger partial charge in [0.2, 0.25) is 0 Å². The van der Waals surface area contributed by atoms with Crippen molar-refractivity contribution in [1.29, 1.82) is 0 Å². The number of benzene rings is 2. The van der Waals surface area contributed by atoms with Gasteiger partial charge in [-0.1, -0.05) is 0 Å². The molecule has 0 aliphatic rings. The second-order valence-electron chi connectivity index (χ2n) is 6.02. The number of hydrogen-bond acceptors (Lipinski definition) is 6. The summed E-state index contributed by atoms with van der Waals surface area (Å²) in [5.74, 6) is 2.14. The van der Waals surface area contributed by atoms with Gasteiger partial charge in [-0.2, -0.15) is 0 Å². The summed E-state index contributed by atoms with van der Waals surface area (Å²) >= 11 is 0. The van der Waals surface area contributed by atoms with E-state index in [0.717, 1.165) is 16.7 Å². The lowest BCUT2D eigenvalue weighted by Gasteiger charge is -2.12. The maximum Gasteiger partial charge on any atom is 0.262 e. The molecule has 140 valence electrons. The highest BCUT2D eigenvalue weighted by Gasteiger charge is 2.14. The molecule has 0 saturated carbocycles. The molecule has 27 heavy (non-hydrogen) atoms. The van der Waals surface area contributed by atoms with Crippen molar-refractivity contribution >= 4 is 10.9 Å². The van der Waals surface area contributed by atoms with Crippen LogP contribution in [-0.2, 0) is 0 Å². The van der Waals surface area contributed by atoms with Gasteiger partial charge in [-0.15, -0.1) is 0 Å². The normalized spacial score (nSPS) is 11.1. The molecule has 0 fully saturated rings. The zero-order valence-corrected chi connectivity index (χ0v) is 15.6. The molecule has 0 aliphatic heterocycles. The average Bonchev–Trinajstić information content (AvgIpc) is 2.66. The molecule has 0 bridgehead atoms. The number of aromatic nitrogens is 2. The molecule has 2 aromatic carbocycles. The first-order valence-corrected chi connectivity index (χ1v) is 8.29. The molecule has 0 spiro atoms. The fraction of sp³-hybridized carbons (Fsp3) is 0.200. The van der Waals surface area contributed by atoms with Crippen molar-refractivity contribution in [2.75, 3.05) is 14.2 Å². The van der Waals surface area contributed by atoms with Crippen LogP contribution < -0.4 is 25.5 Å². The molecule has 0 atom stereocenters. The summed E-state index contributed by atoms with van der Waals surface area (Å²) in [4.78, 5) is 20.1. The minimum atomic E-state index is -0.281. The number of aromatic amines is 1. The number of ether oxygens (including phenoxy) is 3. The predicted octanol–water partition coefficient (Wildman–Crippen LogP) is 3.03. The van der Waals surface area contributed by atoms with Gasteiger partial charge < -0.3 is 24.9 Å². The van der Waals surface area contributed by atoms with Gasteiger partial charge in [0.25, 0.3) is 5.56 Å². The van der Waals surface area contributed by atoms with E-state index < -0.39 is 0 Å². The number of aryl methyl sites for hydroxylation is 2. The number of nitrogens with zero attached hydrogens (tertiary/aromatic N) is 1. The van der Waals surface area contributed by atoms with E-state index in [4.69, 9.17) is 19.9 Å². The number of hydrogen-bond donors (Lipinski definition) is 2. The van der Waals surface area contributed by atoms with Crippen LogP contribution in [-0.4, -0.2) is 24.2 Å². The first-order valence-electron chi connectivity index (χ1n) is 8.29. The van der Waals surface area contributed by atoms with Crippen LogP contribution in [0, 0.1) is 13.8 Å². The Kier molecular flexibility index (Phi) is 5.03. The maximum absolute atomic E-state index is 12.7. The van der Waals surface area contributed by atoms with Crippen molar-refractivity contribution in [1.82, 2.24) is 9.97 Å². The fourth-order valence-electron chi connectivity index (χ4n) is 3.01. The molecule has 1 heterocycles. The van der Waals surface area contributed by atoms with Crippen molar-refractivity contribution in [2.24, 2.45) is 5.73 Å². The molecule has 0 radical (unpaired) electrons. The Morgan fingerprint density at radius 1 is 1.07 bits per heavy atom. The van der Waals surface area contributed by atoms with Gasteiger partial charge in [-0.25, -0.2) is 4.98 Å². The Balaban J connectivity index is 2.19. The molecule has 1 aromatic heterocycles. The summed E-state index contributed by atoms with van der Waals surface area (Å²) < 4.78 is 16.1. The molecule has 0 aliphatic carbocycles. The summed E-state index contributed by atoms with van der Waals surface area (Å²) in [5.41, 5.74) is 8.12. The summed E-state index contributed by atoms with van der Waals surface area (Å²) in [7, 11) is 3.05. The summed E-state index contributed by atoms with van der Waals surface area (Å²) in [6.45, 7) is 3.84. The molecule has 0 saturated heterocycles. The molecule has 3 rings (SSSR count). The van der Waals surface area contributed by atoms with E-state index in [-0.39, 0.29) is 5.56 Å². The number of H-pyrrole nitrogens is 1. The maximum atomic E-state index is 12.7. The molecular weight excluding hydrogens is 346 g/mol. The number of nitrogens with one attached hydrogen (secondary N) is 1. The van der Waals surface area contributed by atoms with E-state index in [9.17, 15) is 4.79 Å². The Bertz CT molecular complexity index is 1060. The smallest absolute Gasteiger partial charge is 0.262 e. The molecule has 3 aromatic rings. The summed E-state index contributed by atoms with van der Waals surface area (Å²) in [6, 6.07) is 7.16. The van der Waals surface area contributed by atoms with Gasteiger partial charge in [0.05, 0.1) is 19.7 Å². The van der Waals surface area contributed by atoms with Gasteiger partial charge in [-0.05, 0) is 37.1 Å². The molecule has 0 unspecified atom stereocenters. The summed E-state index contributed by atoms with van der Waals surface area (Å²) in [6.07, 6.45) is 2.75. The third kappa shape index (κ3) is 3.44. The second-order valence-corrected chi connectivity index (χ2v) is 6.02. The van der Waals surface area contributed by atoms with Gasteiger partial charge in [0, 0.05) is 23.9 Å². The topological polar surface area (TPSA) is 99.5 Å². The first-order chi connectivity index (χ1) is 13.0. The van der Waals surface area contributed by atoms with Gasteiger partial charge in [-0.3, -0.25) is 4.79 Å². The van der Waals surface area contributed by atoms with E-state index in [1.54, 1.807) is 19.2 Å². The monoisotopic (exact) mass is 367 g/mol. The molecule has 7 nitrogen and oxygen atoms in total. The van der Waals surface area contributed by atoms with Crippen molar-refractivity contribution in [3.05, 3.63) is 58.2 Å². The third-order valence-corrected chi connectivity index (χ3v) is 4.20. The van der Waals surface area contributed by atoms with E-state index in [2.05, 4.69) is 9.97 Å². The number of nitrogens with two attached hydrogens (primary N) is 1. The molecule has 7 heteroatoms. The molecule has 3 N–H and O–H groups in total. The first kappa shape index (κ1) is 18.3. The summed E-state index contributed by atoms with van der Waals surface area (Å²) in [5, 5.41) is 0.378. The lowest BCUT2D eigenvalue weighted by molar-refractivity contribution is 0.397. The van der Waals surface area contributed by atoms with Gasteiger partial charge in [0.15, 0.2) is 0 Å². The van der Waals surface area contributed by atoms with Crippen LogP contribution in [0.5, 0.6) is 17.2 Å². The second kappa shape index (κ2) is 7.41. The van der Waals surface area contributed by atoms with E-state index in [0.29, 0.717) is 34.0 Å². The fourth-order valence-corrected chi connectivity index (χ4v) is 3.01. The minimum Gasteiger partial charge on any atom is -0.497 e. The van der Waals surface area contributed by atoms with Crippen LogP contribution >= 0.6 is 0 Å². The third-order valence-electron chi connectivity index (χ3n) is 4.20. The standard InChI is InChI=1S/C20H21N3O4/c1-11-7-13(8-12(2)18(11)27-6-5-21)19-22-15-9-14(25-3)10-16(26-4)17(15)20(24)23-19/h5-10H,21H2,1-4H3,(H,22,23,24). The Labute approximate surface area is 156 Å². The molecular formula is C20H21N3O4. The Morgan fingerprint density at radius 2 is 1.78 bits per heavy atom. The highest BCUT2D eigenvalue weighted by Crippen LogP contribution is 2.31. The number of fused-ring (bicyclic) bond motifs is 1. The van der Waals surface area contributed by atoms with Crippen LogP contribution in [0.4, 0.5) is 0 Å². The highest BCUT2D eigenvalue weighted by molar-refractivity contribution is 5.87. The van der Waals surface area contributed by atoms with E-state index in [1.807, 2.05) is 26.0 Å². The molecule has 0 amide bonds. The van der Waals surface area contributed by atoms with Crippen LogP contribution in [0.3, 0.4) is 0 Å². The van der Waals surface area contributed by atoms with Crippen LogP contribution in [0.15, 0.2) is 41.5 Å². The minimum absolute atomic E-state index is 0.281. The van der Waals surface area contributed by atoms with Crippen molar-refractivity contribution < 1.29 is 14.2 Å². The zero-order valence-electron chi connectivity index (χ0n) is 15.6. The van der Waals surface area contributed by atoms with Crippen LogP contribution in [0.1, 0.15) is 11.1 Å². The van der Waals surface area contributed by atoms with Crippen LogP contribution in [0.2, 0.25) is 0 Å². The lowest BCUT2D eigenvalue weighted by atomic mass is 10.0. The Morgan fingerprint density at radius 3 is 2.37 bits per heavy atom. The lowest BCUT2D eigenvalue weighted by Crippen LogP contribution is -2.11.